The maximum atomic E-state index is 5.59. The van der Waals surface area contributed by atoms with Gasteiger partial charge in [-0.15, -0.1) is 11.6 Å². The summed E-state index contributed by atoms with van der Waals surface area (Å²) in [5.74, 6) is 0. The lowest BCUT2D eigenvalue weighted by Gasteiger charge is -2.01. The van der Waals surface area contributed by atoms with Crippen LogP contribution >= 0.6 is 11.6 Å². The van der Waals surface area contributed by atoms with E-state index in [0.717, 1.165) is 6.42 Å². The van der Waals surface area contributed by atoms with Crippen molar-refractivity contribution >= 4 is 19.4 Å². The first-order chi connectivity index (χ1) is 4.79. The minimum Gasteiger partial charge on any atom is -0.133 e. The fraction of sp³-hybridized carbons (Fsp3) is 0.250. The zero-order valence-electron chi connectivity index (χ0n) is 5.63. The molecule has 0 saturated carbocycles. The van der Waals surface area contributed by atoms with E-state index in [0.29, 0.717) is 0 Å². The van der Waals surface area contributed by atoms with Crippen LogP contribution < -0.4 is 0 Å². The van der Waals surface area contributed by atoms with Gasteiger partial charge in [0.1, 0.15) is 0 Å². The van der Waals surface area contributed by atoms with Gasteiger partial charge in [-0.3, -0.25) is 0 Å². The van der Waals surface area contributed by atoms with Crippen molar-refractivity contribution in [2.24, 2.45) is 0 Å². The number of hydrogen-bond acceptors (Lipinski definition) is 0. The number of alkyl halides is 1. The van der Waals surface area contributed by atoms with E-state index >= 15 is 0 Å². The molecule has 0 heterocycles. The Morgan fingerprint density at radius 2 is 1.90 bits per heavy atom. The van der Waals surface area contributed by atoms with Crippen molar-refractivity contribution in [2.75, 3.05) is 0 Å². The van der Waals surface area contributed by atoms with Crippen molar-refractivity contribution < 1.29 is 0 Å². The van der Waals surface area contributed by atoms with Crippen LogP contribution in [0.15, 0.2) is 30.3 Å². The highest BCUT2D eigenvalue weighted by Gasteiger charge is 1.95. The van der Waals surface area contributed by atoms with Crippen LogP contribution in [-0.4, -0.2) is 13.1 Å². The molecule has 0 amide bonds. The second-order valence-corrected chi connectivity index (χ2v) is 2.77. The quantitative estimate of drug-likeness (QED) is 0.447. The molecule has 0 aliphatic heterocycles. The third kappa shape index (κ3) is 2.44. The molecular formula is C8H8BCl. The van der Waals surface area contributed by atoms with Gasteiger partial charge in [0.25, 0.3) is 0 Å². The van der Waals surface area contributed by atoms with Gasteiger partial charge >= 0.3 is 0 Å². The fourth-order valence-corrected chi connectivity index (χ4v) is 1.02. The number of hydrogen-bond donors (Lipinski definition) is 0. The summed E-state index contributed by atoms with van der Waals surface area (Å²) in [7, 11) is 5.39. The Balaban J connectivity index is 2.59. The lowest BCUT2D eigenvalue weighted by Crippen LogP contribution is -2.01. The molecule has 0 N–H and O–H groups in total. The van der Waals surface area contributed by atoms with Gasteiger partial charge in [-0.25, -0.2) is 0 Å². The van der Waals surface area contributed by atoms with Crippen LogP contribution in [0.4, 0.5) is 0 Å². The SMILES string of the molecule is [B]C(Cl)Cc1ccccc1. The molecule has 1 aromatic rings. The minimum absolute atomic E-state index is 0.262. The van der Waals surface area contributed by atoms with Gasteiger partial charge in [-0.05, 0) is 17.3 Å². The van der Waals surface area contributed by atoms with Crippen molar-refractivity contribution in [3.63, 3.8) is 0 Å². The first-order valence-electron chi connectivity index (χ1n) is 3.22. The Labute approximate surface area is 67.6 Å². The molecule has 2 heteroatoms. The van der Waals surface area contributed by atoms with Crippen LogP contribution in [0.2, 0.25) is 0 Å². The summed E-state index contributed by atoms with van der Waals surface area (Å²) < 4.78 is 0. The van der Waals surface area contributed by atoms with Gasteiger partial charge < -0.3 is 0 Å². The summed E-state index contributed by atoms with van der Waals surface area (Å²) in [6, 6.07) is 9.97. The van der Waals surface area contributed by atoms with Crippen LogP contribution in [-0.2, 0) is 6.42 Å². The normalized spacial score (nSPS) is 12.9. The Hall–Kier alpha value is -0.425. The van der Waals surface area contributed by atoms with E-state index in [9.17, 15) is 0 Å². The van der Waals surface area contributed by atoms with Gasteiger partial charge in [0.2, 0.25) is 0 Å². The molecule has 0 nitrogen and oxygen atoms in total. The molecule has 1 unspecified atom stereocenters. The zero-order chi connectivity index (χ0) is 7.40. The number of rotatable bonds is 2. The van der Waals surface area contributed by atoms with Gasteiger partial charge in [0, 0.05) is 0 Å². The largest absolute Gasteiger partial charge is 0.133 e. The molecule has 0 aromatic heterocycles. The Morgan fingerprint density at radius 1 is 1.30 bits per heavy atom. The first kappa shape index (κ1) is 7.68. The van der Waals surface area contributed by atoms with Gasteiger partial charge in [0.15, 0.2) is 0 Å². The second kappa shape index (κ2) is 3.67. The third-order valence-electron chi connectivity index (χ3n) is 1.27. The monoisotopic (exact) mass is 150 g/mol. The summed E-state index contributed by atoms with van der Waals surface area (Å²) in [6.45, 7) is 0. The molecule has 0 aliphatic rings. The molecule has 50 valence electrons. The Kier molecular flexibility index (Phi) is 2.82. The van der Waals surface area contributed by atoms with E-state index in [2.05, 4.69) is 0 Å². The smallest absolute Gasteiger partial charge is 0.0922 e. The molecule has 1 atom stereocenters. The van der Waals surface area contributed by atoms with Crippen LogP contribution in [0, 0.1) is 0 Å². The molecule has 0 aliphatic carbocycles. The van der Waals surface area contributed by atoms with Crippen molar-refractivity contribution in [1.82, 2.24) is 0 Å². The van der Waals surface area contributed by atoms with Crippen LogP contribution in [0.1, 0.15) is 5.56 Å². The Bertz CT molecular complexity index is 184. The highest BCUT2D eigenvalue weighted by Crippen LogP contribution is 2.04. The predicted octanol–water partition coefficient (Wildman–Crippen LogP) is 1.96. The van der Waals surface area contributed by atoms with Crippen molar-refractivity contribution in [3.8, 4) is 0 Å². The summed E-state index contributed by atoms with van der Waals surface area (Å²) in [5, 5.41) is -0.262. The number of halogens is 1. The second-order valence-electron chi connectivity index (χ2n) is 2.21. The van der Waals surface area contributed by atoms with Crippen molar-refractivity contribution in [1.29, 1.82) is 0 Å². The predicted molar refractivity (Wildman–Crippen MR) is 45.5 cm³/mol. The van der Waals surface area contributed by atoms with Crippen molar-refractivity contribution in [2.45, 2.75) is 11.7 Å². The topological polar surface area (TPSA) is 0 Å². The first-order valence-corrected chi connectivity index (χ1v) is 3.66. The van der Waals surface area contributed by atoms with E-state index in [4.69, 9.17) is 19.4 Å². The van der Waals surface area contributed by atoms with E-state index in [-0.39, 0.29) is 5.28 Å². The minimum atomic E-state index is -0.262. The number of benzene rings is 1. The van der Waals surface area contributed by atoms with E-state index < -0.39 is 0 Å². The summed E-state index contributed by atoms with van der Waals surface area (Å²) in [5.41, 5.74) is 1.19. The maximum absolute atomic E-state index is 5.59. The lowest BCUT2D eigenvalue weighted by molar-refractivity contribution is 1.09. The summed E-state index contributed by atoms with van der Waals surface area (Å²) in [4.78, 5) is 0. The highest BCUT2D eigenvalue weighted by atomic mass is 35.5. The van der Waals surface area contributed by atoms with Gasteiger partial charge in [-0.2, -0.15) is 0 Å². The molecule has 10 heavy (non-hydrogen) atoms. The van der Waals surface area contributed by atoms with E-state index in [1.807, 2.05) is 30.3 Å². The van der Waals surface area contributed by atoms with Crippen LogP contribution in [0.5, 0.6) is 0 Å². The Morgan fingerprint density at radius 3 is 2.40 bits per heavy atom. The van der Waals surface area contributed by atoms with Crippen LogP contribution in [0.25, 0.3) is 0 Å². The molecule has 2 radical (unpaired) electrons. The molecule has 1 rings (SSSR count). The van der Waals surface area contributed by atoms with E-state index in [1.54, 1.807) is 0 Å². The van der Waals surface area contributed by atoms with Gasteiger partial charge in [-0.1, -0.05) is 30.3 Å². The summed E-state index contributed by atoms with van der Waals surface area (Å²) >= 11 is 5.59. The lowest BCUT2D eigenvalue weighted by atomic mass is 9.97. The average Bonchev–Trinajstić information content (AvgIpc) is 1.88. The standard InChI is InChI=1S/C8H8BCl/c9-8(10)6-7-4-2-1-3-5-7/h1-5,8H,6H2. The summed E-state index contributed by atoms with van der Waals surface area (Å²) in [6.07, 6.45) is 0.738. The maximum Gasteiger partial charge on any atom is 0.0922 e. The van der Waals surface area contributed by atoms with Gasteiger partial charge in [0.05, 0.1) is 7.85 Å². The highest BCUT2D eigenvalue weighted by molar-refractivity contribution is 6.40. The van der Waals surface area contributed by atoms with E-state index in [1.165, 1.54) is 5.56 Å². The van der Waals surface area contributed by atoms with Crippen LogP contribution in [0.3, 0.4) is 0 Å². The molecule has 0 fully saturated rings. The molecule has 0 spiro atoms. The average molecular weight is 150 g/mol. The van der Waals surface area contributed by atoms with Crippen molar-refractivity contribution in [3.05, 3.63) is 35.9 Å². The third-order valence-corrected chi connectivity index (χ3v) is 1.43. The molecule has 0 saturated heterocycles. The fourth-order valence-electron chi connectivity index (χ4n) is 0.839. The molecule has 0 bridgehead atoms. The molecule has 1 aromatic carbocycles. The zero-order valence-corrected chi connectivity index (χ0v) is 6.38. The molecular weight excluding hydrogens is 142 g/mol.